The summed E-state index contributed by atoms with van der Waals surface area (Å²) in [5.74, 6) is 0.794. The number of benzene rings is 3. The molecule has 0 aliphatic carbocycles. The van der Waals surface area contributed by atoms with Crippen LogP contribution in [0.1, 0.15) is 32.3 Å². The molecule has 2 heterocycles. The second kappa shape index (κ2) is 8.15. The number of anilines is 1. The van der Waals surface area contributed by atoms with Gasteiger partial charge in [0.2, 0.25) is 11.9 Å². The largest absolute Gasteiger partial charge is 0.341 e. The van der Waals surface area contributed by atoms with Gasteiger partial charge in [-0.2, -0.15) is 0 Å². The molecule has 0 radical (unpaired) electrons. The van der Waals surface area contributed by atoms with Gasteiger partial charge >= 0.3 is 0 Å². The monoisotopic (exact) mass is 424 g/mol. The Morgan fingerprint density at radius 3 is 2.38 bits per heavy atom. The second-order valence-corrected chi connectivity index (χ2v) is 8.30. The van der Waals surface area contributed by atoms with E-state index in [1.165, 1.54) is 21.8 Å². The zero-order valence-corrected chi connectivity index (χ0v) is 18.9. The maximum atomic E-state index is 13.2. The molecule has 32 heavy (non-hydrogen) atoms. The van der Waals surface area contributed by atoms with Crippen LogP contribution in [0.3, 0.4) is 0 Å². The van der Waals surface area contributed by atoms with E-state index < -0.39 is 0 Å². The quantitative estimate of drug-likeness (QED) is 0.334. The number of imidazole rings is 1. The molecule has 0 saturated carbocycles. The molecule has 0 spiro atoms. The van der Waals surface area contributed by atoms with Crippen molar-refractivity contribution in [3.05, 3.63) is 72.3 Å². The Bertz CT molecular complexity index is 1440. The predicted molar refractivity (Wildman–Crippen MR) is 132 cm³/mol. The number of fused-ring (bicyclic) bond motifs is 4. The molecule has 1 amide bonds. The van der Waals surface area contributed by atoms with E-state index >= 15 is 0 Å². The van der Waals surface area contributed by atoms with Gasteiger partial charge in [0.25, 0.3) is 0 Å². The Labute approximate surface area is 187 Å². The van der Waals surface area contributed by atoms with Crippen molar-refractivity contribution in [3.8, 4) is 0 Å². The molecule has 5 aromatic rings. The van der Waals surface area contributed by atoms with Crippen molar-refractivity contribution in [2.75, 3.05) is 4.90 Å². The topological polar surface area (TPSA) is 43.1 Å². The SMILES string of the molecule is CCCC(=O)N(Cc1ccc2c(c1)c1ccccc1n2CC)c1nc2ccccc2n1C. The highest BCUT2D eigenvalue weighted by Crippen LogP contribution is 2.31. The van der Waals surface area contributed by atoms with Gasteiger partial charge in [0.05, 0.1) is 17.6 Å². The molecular weight excluding hydrogens is 396 g/mol. The lowest BCUT2D eigenvalue weighted by Gasteiger charge is -2.22. The van der Waals surface area contributed by atoms with Gasteiger partial charge in [-0.05, 0) is 49.2 Å². The van der Waals surface area contributed by atoms with Gasteiger partial charge in [-0.25, -0.2) is 4.98 Å². The van der Waals surface area contributed by atoms with Crippen molar-refractivity contribution in [1.82, 2.24) is 14.1 Å². The average Bonchev–Trinajstić information content (AvgIpc) is 3.32. The van der Waals surface area contributed by atoms with E-state index in [2.05, 4.69) is 54.0 Å². The first kappa shape index (κ1) is 20.3. The molecule has 5 nitrogen and oxygen atoms in total. The maximum absolute atomic E-state index is 13.2. The Balaban J connectivity index is 1.61. The minimum absolute atomic E-state index is 0.0991. The van der Waals surface area contributed by atoms with Crippen molar-refractivity contribution in [2.24, 2.45) is 7.05 Å². The lowest BCUT2D eigenvalue weighted by molar-refractivity contribution is -0.118. The summed E-state index contributed by atoms with van der Waals surface area (Å²) in [5, 5.41) is 2.48. The number of nitrogens with zero attached hydrogens (tertiary/aromatic N) is 4. The fraction of sp³-hybridized carbons (Fsp3) is 0.259. The Morgan fingerprint density at radius 1 is 0.906 bits per heavy atom. The minimum Gasteiger partial charge on any atom is -0.341 e. The standard InChI is InChI=1S/C27H28N4O/c1-4-10-26(32)31(27-28-22-12-7-9-14-25(22)29(27)3)18-19-15-16-24-21(17-19)20-11-6-8-13-23(20)30(24)5-2/h6-9,11-17H,4-5,10,18H2,1-3H3. The zero-order chi connectivity index (χ0) is 22.2. The molecule has 5 heteroatoms. The molecule has 2 aromatic heterocycles. The van der Waals surface area contributed by atoms with Crippen LogP contribution in [-0.2, 0) is 24.9 Å². The summed E-state index contributed by atoms with van der Waals surface area (Å²) >= 11 is 0. The zero-order valence-electron chi connectivity index (χ0n) is 18.9. The lowest BCUT2D eigenvalue weighted by atomic mass is 10.1. The van der Waals surface area contributed by atoms with Crippen LogP contribution in [0.4, 0.5) is 5.95 Å². The Hall–Kier alpha value is -3.60. The van der Waals surface area contributed by atoms with E-state index in [4.69, 9.17) is 4.98 Å². The van der Waals surface area contributed by atoms with Crippen molar-refractivity contribution in [3.63, 3.8) is 0 Å². The summed E-state index contributed by atoms with van der Waals surface area (Å²) < 4.78 is 4.37. The first-order valence-corrected chi connectivity index (χ1v) is 11.3. The van der Waals surface area contributed by atoms with Crippen molar-refractivity contribution in [2.45, 2.75) is 39.8 Å². The third-order valence-corrected chi connectivity index (χ3v) is 6.26. The molecule has 5 rings (SSSR count). The maximum Gasteiger partial charge on any atom is 0.229 e. The molecule has 0 atom stereocenters. The molecule has 0 fully saturated rings. The molecule has 0 saturated heterocycles. The van der Waals surface area contributed by atoms with Crippen LogP contribution in [0.25, 0.3) is 32.8 Å². The third kappa shape index (κ3) is 3.25. The molecule has 0 aliphatic heterocycles. The van der Waals surface area contributed by atoms with Crippen LogP contribution >= 0.6 is 0 Å². The smallest absolute Gasteiger partial charge is 0.229 e. The van der Waals surface area contributed by atoms with Crippen molar-refractivity contribution in [1.29, 1.82) is 0 Å². The van der Waals surface area contributed by atoms with E-state index in [1.54, 1.807) is 0 Å². The van der Waals surface area contributed by atoms with Crippen LogP contribution in [0.2, 0.25) is 0 Å². The number of rotatable bonds is 6. The molecule has 162 valence electrons. The Morgan fingerprint density at radius 2 is 1.62 bits per heavy atom. The second-order valence-electron chi connectivity index (χ2n) is 8.30. The number of amides is 1. The van der Waals surface area contributed by atoms with Gasteiger partial charge in [-0.3, -0.25) is 9.69 Å². The number of carbonyl (C=O) groups excluding carboxylic acids is 1. The lowest BCUT2D eigenvalue weighted by Crippen LogP contribution is -2.32. The number of para-hydroxylation sites is 3. The summed E-state index contributed by atoms with van der Waals surface area (Å²) in [5.41, 5.74) is 5.51. The molecule has 0 N–H and O–H groups in total. The highest BCUT2D eigenvalue weighted by molar-refractivity contribution is 6.08. The van der Waals surface area contributed by atoms with Crippen molar-refractivity contribution < 1.29 is 4.79 Å². The van der Waals surface area contributed by atoms with E-state index in [0.717, 1.165) is 29.6 Å². The fourth-order valence-electron chi connectivity index (χ4n) is 4.72. The highest BCUT2D eigenvalue weighted by atomic mass is 16.2. The molecular formula is C27H28N4O. The molecule has 0 aliphatic rings. The van der Waals surface area contributed by atoms with Gasteiger partial charge in [0.15, 0.2) is 0 Å². The highest BCUT2D eigenvalue weighted by Gasteiger charge is 2.22. The summed E-state index contributed by atoms with van der Waals surface area (Å²) in [6.07, 6.45) is 1.31. The number of carbonyl (C=O) groups is 1. The van der Waals surface area contributed by atoms with E-state index in [-0.39, 0.29) is 5.91 Å². The van der Waals surface area contributed by atoms with Crippen LogP contribution in [0.15, 0.2) is 66.7 Å². The minimum atomic E-state index is 0.0991. The first-order chi connectivity index (χ1) is 15.6. The van der Waals surface area contributed by atoms with Gasteiger partial charge < -0.3 is 9.13 Å². The van der Waals surface area contributed by atoms with Crippen LogP contribution in [0, 0.1) is 0 Å². The molecule has 3 aromatic carbocycles. The van der Waals surface area contributed by atoms with E-state index in [9.17, 15) is 4.79 Å². The predicted octanol–water partition coefficient (Wildman–Crippen LogP) is 6.03. The number of aryl methyl sites for hydroxylation is 2. The Kier molecular flexibility index (Phi) is 5.17. The summed E-state index contributed by atoms with van der Waals surface area (Å²) in [7, 11) is 1.98. The van der Waals surface area contributed by atoms with Crippen LogP contribution in [0.5, 0.6) is 0 Å². The average molecular weight is 425 g/mol. The van der Waals surface area contributed by atoms with Gasteiger partial charge in [0, 0.05) is 41.8 Å². The summed E-state index contributed by atoms with van der Waals surface area (Å²) in [4.78, 5) is 19.8. The number of aromatic nitrogens is 3. The van der Waals surface area contributed by atoms with Gasteiger partial charge in [-0.1, -0.05) is 43.3 Å². The molecule has 0 unspecified atom stereocenters. The van der Waals surface area contributed by atoms with Gasteiger partial charge in [0.1, 0.15) is 0 Å². The fourth-order valence-corrected chi connectivity index (χ4v) is 4.72. The number of hydrogen-bond acceptors (Lipinski definition) is 2. The van der Waals surface area contributed by atoms with Crippen molar-refractivity contribution >= 4 is 44.7 Å². The van der Waals surface area contributed by atoms with E-state index in [0.29, 0.717) is 18.9 Å². The first-order valence-electron chi connectivity index (χ1n) is 11.3. The normalized spacial score (nSPS) is 11.6. The molecule has 0 bridgehead atoms. The van der Waals surface area contributed by atoms with Crippen LogP contribution in [-0.4, -0.2) is 20.0 Å². The third-order valence-electron chi connectivity index (χ3n) is 6.26. The summed E-state index contributed by atoms with van der Waals surface area (Å²) in [6, 6.07) is 23.1. The van der Waals surface area contributed by atoms with Gasteiger partial charge in [-0.15, -0.1) is 0 Å². The number of hydrogen-bond donors (Lipinski definition) is 0. The van der Waals surface area contributed by atoms with Crippen LogP contribution < -0.4 is 4.90 Å². The van der Waals surface area contributed by atoms with E-state index in [1.807, 2.05) is 47.7 Å². The summed E-state index contributed by atoms with van der Waals surface area (Å²) in [6.45, 7) is 5.63.